The summed E-state index contributed by atoms with van der Waals surface area (Å²) in [4.78, 5) is 48.7. The first-order valence-corrected chi connectivity index (χ1v) is 9.55. The number of amides is 2. The van der Waals surface area contributed by atoms with Crippen LogP contribution in [-0.2, 0) is 9.59 Å². The third-order valence-corrected chi connectivity index (χ3v) is 5.91. The Bertz CT molecular complexity index is 705. The summed E-state index contributed by atoms with van der Waals surface area (Å²) in [6, 6.07) is 8.38. The number of benzene rings is 1. The molecule has 6 nitrogen and oxygen atoms in total. The Morgan fingerprint density at radius 3 is 2.35 bits per heavy atom. The van der Waals surface area contributed by atoms with Crippen molar-refractivity contribution < 1.29 is 28.8 Å². The molecule has 0 aliphatic carbocycles. The van der Waals surface area contributed by atoms with Crippen LogP contribution in [0.2, 0.25) is 0 Å². The molecule has 1 aliphatic heterocycles. The number of nitrogens with zero attached hydrogens (tertiary/aromatic N) is 1. The summed E-state index contributed by atoms with van der Waals surface area (Å²) in [6.07, 6.45) is 0.104. The lowest BCUT2D eigenvalue weighted by molar-refractivity contribution is -0.792. The number of imide groups is 1. The van der Waals surface area contributed by atoms with Gasteiger partial charge in [0.05, 0.1) is 13.0 Å². The lowest BCUT2D eigenvalue weighted by Crippen LogP contribution is -2.59. The first kappa shape index (κ1) is 20.3. The van der Waals surface area contributed by atoms with Crippen molar-refractivity contribution in [1.29, 1.82) is 0 Å². The van der Waals surface area contributed by atoms with Gasteiger partial charge in [-0.25, -0.2) is 4.79 Å². The number of Topliss-reactive ketones (excluding diaryl/α,β-unsaturated/α-hetero) is 1. The molecule has 140 valence electrons. The topological polar surface area (TPSA) is 88.5 Å². The Morgan fingerprint density at radius 2 is 1.85 bits per heavy atom. The van der Waals surface area contributed by atoms with Crippen molar-refractivity contribution in [3.05, 3.63) is 35.9 Å². The van der Waals surface area contributed by atoms with E-state index < -0.39 is 21.7 Å². The van der Waals surface area contributed by atoms with Crippen LogP contribution in [-0.4, -0.2) is 50.3 Å². The van der Waals surface area contributed by atoms with E-state index in [1.54, 1.807) is 37.3 Å². The van der Waals surface area contributed by atoms with Gasteiger partial charge in [0.1, 0.15) is 6.04 Å². The van der Waals surface area contributed by atoms with E-state index in [1.807, 2.05) is 0 Å². The summed E-state index contributed by atoms with van der Waals surface area (Å²) in [5, 5.41) is 8.92. The lowest BCUT2D eigenvalue weighted by Gasteiger charge is -2.30. The molecule has 0 radical (unpaired) electrons. The second kappa shape index (κ2) is 8.60. The molecule has 1 aliphatic rings. The predicted octanol–water partition coefficient (Wildman–Crippen LogP) is 3.50. The first-order chi connectivity index (χ1) is 12.3. The molecule has 7 heteroatoms. The van der Waals surface area contributed by atoms with Crippen LogP contribution in [0.3, 0.4) is 0 Å². The van der Waals surface area contributed by atoms with Crippen molar-refractivity contribution >= 4 is 34.7 Å². The Kier molecular flexibility index (Phi) is 6.72. The average Bonchev–Trinajstić information content (AvgIpc) is 2.97. The van der Waals surface area contributed by atoms with E-state index in [0.717, 1.165) is 11.8 Å². The highest BCUT2D eigenvalue weighted by Crippen LogP contribution is 2.31. The minimum atomic E-state index is -1.15. The molecule has 3 atom stereocenters. The van der Waals surface area contributed by atoms with Crippen LogP contribution < -0.4 is 0 Å². The molecule has 0 saturated carbocycles. The molecule has 1 aromatic carbocycles. The van der Waals surface area contributed by atoms with Gasteiger partial charge >= 0.3 is 12.0 Å². The Hall–Kier alpha value is -1.99. The van der Waals surface area contributed by atoms with Gasteiger partial charge in [-0.2, -0.15) is 9.28 Å². The number of thioether (sulfide) groups is 1. The molecule has 26 heavy (non-hydrogen) atoms. The van der Waals surface area contributed by atoms with Crippen molar-refractivity contribution in [1.82, 2.24) is 0 Å². The molecule has 1 fully saturated rings. The van der Waals surface area contributed by atoms with Gasteiger partial charge in [-0.05, 0) is 6.92 Å². The van der Waals surface area contributed by atoms with Gasteiger partial charge in [-0.15, -0.1) is 0 Å². The van der Waals surface area contributed by atoms with Crippen LogP contribution >= 0.6 is 11.8 Å². The second-order valence-electron chi connectivity index (χ2n) is 6.69. The van der Waals surface area contributed by atoms with E-state index in [9.17, 15) is 24.3 Å². The Morgan fingerprint density at radius 1 is 1.19 bits per heavy atom. The summed E-state index contributed by atoms with van der Waals surface area (Å²) >= 11 is 0.938. The third kappa shape index (κ3) is 4.40. The maximum absolute atomic E-state index is 12.9. The molecular weight excluding hydrogens is 354 g/mol. The minimum Gasteiger partial charge on any atom is -0.435 e. The lowest BCUT2D eigenvalue weighted by atomic mass is 10.0. The van der Waals surface area contributed by atoms with Crippen molar-refractivity contribution in [3.8, 4) is 0 Å². The fourth-order valence-corrected chi connectivity index (χ4v) is 4.46. The van der Waals surface area contributed by atoms with E-state index in [-0.39, 0.29) is 36.3 Å². The van der Waals surface area contributed by atoms with Crippen LogP contribution in [0.15, 0.2) is 30.3 Å². The van der Waals surface area contributed by atoms with Crippen molar-refractivity contribution in [2.75, 3.05) is 6.54 Å². The Balaban J connectivity index is 2.16. The number of carbonyl (C=O) groups is 4. The molecule has 0 aromatic heterocycles. The van der Waals surface area contributed by atoms with Gasteiger partial charge in [0.2, 0.25) is 0 Å². The maximum Gasteiger partial charge on any atom is 0.521 e. The summed E-state index contributed by atoms with van der Waals surface area (Å²) in [6.45, 7) is 3.41. The summed E-state index contributed by atoms with van der Waals surface area (Å²) in [5.74, 6) is -0.587. The zero-order chi connectivity index (χ0) is 19.3. The van der Waals surface area contributed by atoms with Crippen molar-refractivity contribution in [3.63, 3.8) is 0 Å². The van der Waals surface area contributed by atoms with Crippen molar-refractivity contribution in [2.24, 2.45) is 0 Å². The SMILES string of the molecule is CC(=O)SC(CC(=O)c1ccccc1)CC(=O)[N+]1(C(=O)O)CCC[C@H]1C. The maximum atomic E-state index is 12.9. The highest BCUT2D eigenvalue weighted by Gasteiger charge is 2.53. The number of hydrogen-bond donors (Lipinski definition) is 1. The number of carboxylic acid groups (broad SMARTS) is 1. The largest absolute Gasteiger partial charge is 0.521 e. The molecule has 2 amide bonds. The normalized spacial score (nSPS) is 23.4. The summed E-state index contributed by atoms with van der Waals surface area (Å²) in [7, 11) is 0. The number of rotatable bonds is 6. The minimum absolute atomic E-state index is 0.0218. The molecule has 0 spiro atoms. The predicted molar refractivity (Wildman–Crippen MR) is 98.9 cm³/mol. The Labute approximate surface area is 157 Å². The molecule has 2 unspecified atom stereocenters. The smallest absolute Gasteiger partial charge is 0.435 e. The molecule has 1 N–H and O–H groups in total. The van der Waals surface area contributed by atoms with E-state index in [4.69, 9.17) is 0 Å². The van der Waals surface area contributed by atoms with E-state index in [2.05, 4.69) is 0 Å². The quantitative estimate of drug-likeness (QED) is 0.602. The standard InChI is InChI=1S/C19H23NO5S/c1-13-7-6-10-20(13,19(24)25)18(23)12-16(26-14(2)21)11-17(22)15-8-4-3-5-9-15/h3-5,8-9,13,16H,6-7,10-12H2,1-2H3/p+1/t13-,16?,20?/m1/s1. The summed E-state index contributed by atoms with van der Waals surface area (Å²) < 4.78 is -0.603. The molecule has 1 heterocycles. The van der Waals surface area contributed by atoms with Gasteiger partial charge < -0.3 is 5.11 Å². The van der Waals surface area contributed by atoms with Crippen molar-refractivity contribution in [2.45, 2.75) is 50.8 Å². The van der Waals surface area contributed by atoms with Crippen LogP contribution in [0, 0.1) is 0 Å². The van der Waals surface area contributed by atoms with Crippen LogP contribution in [0.5, 0.6) is 0 Å². The fourth-order valence-electron chi connectivity index (χ4n) is 3.53. The third-order valence-electron chi connectivity index (χ3n) is 4.92. The van der Waals surface area contributed by atoms with Crippen LogP contribution in [0.1, 0.15) is 49.9 Å². The van der Waals surface area contributed by atoms with Gasteiger partial charge in [-0.1, -0.05) is 42.1 Å². The number of carbonyl (C=O) groups excluding carboxylic acids is 3. The molecule has 0 bridgehead atoms. The van der Waals surface area contributed by atoms with Gasteiger partial charge in [0, 0.05) is 37.0 Å². The molecule has 1 aromatic rings. The van der Waals surface area contributed by atoms with Gasteiger partial charge in [-0.3, -0.25) is 9.59 Å². The monoisotopic (exact) mass is 378 g/mol. The summed E-state index contributed by atoms with van der Waals surface area (Å²) in [5.41, 5.74) is 0.519. The molecule has 1 saturated heterocycles. The molecule has 2 rings (SSSR count). The fraction of sp³-hybridized carbons (Fsp3) is 0.474. The van der Waals surface area contributed by atoms with E-state index >= 15 is 0 Å². The van der Waals surface area contributed by atoms with E-state index in [1.165, 1.54) is 6.92 Å². The zero-order valence-electron chi connectivity index (χ0n) is 15.0. The first-order valence-electron chi connectivity index (χ1n) is 8.67. The highest BCUT2D eigenvalue weighted by molar-refractivity contribution is 8.14. The number of ketones is 1. The number of likely N-dealkylation sites (tertiary alicyclic amines) is 1. The zero-order valence-corrected chi connectivity index (χ0v) is 15.8. The van der Waals surface area contributed by atoms with E-state index in [0.29, 0.717) is 18.4 Å². The number of quaternary nitrogens is 1. The average molecular weight is 378 g/mol. The highest BCUT2D eigenvalue weighted by atomic mass is 32.2. The van der Waals surface area contributed by atoms with Gasteiger partial charge in [0.25, 0.3) is 0 Å². The number of hydrogen-bond acceptors (Lipinski definition) is 5. The van der Waals surface area contributed by atoms with Crippen LogP contribution in [0.25, 0.3) is 0 Å². The van der Waals surface area contributed by atoms with Crippen LogP contribution in [0.4, 0.5) is 4.79 Å². The van der Waals surface area contributed by atoms with Gasteiger partial charge in [0.15, 0.2) is 10.9 Å². The second-order valence-corrected chi connectivity index (χ2v) is 8.17. The molecular formula is C19H24NO5S+.